The number of benzene rings is 1. The van der Waals surface area contributed by atoms with Crippen LogP contribution in [0.3, 0.4) is 0 Å². The van der Waals surface area contributed by atoms with E-state index in [9.17, 15) is 4.21 Å². The van der Waals surface area contributed by atoms with Crippen LogP contribution in [-0.4, -0.2) is 16.5 Å². The van der Waals surface area contributed by atoms with Crippen molar-refractivity contribution in [1.82, 2.24) is 0 Å². The smallest absolute Gasteiger partial charge is 0.0529 e. The normalized spacial score (nSPS) is 12.7. The molecule has 0 saturated heterocycles. The quantitative estimate of drug-likeness (QED) is 0.754. The molecule has 3 heteroatoms. The fraction of sp³-hybridized carbons (Fsp3) is 0.500. The Morgan fingerprint density at radius 3 is 2.73 bits per heavy atom. The van der Waals surface area contributed by atoms with E-state index >= 15 is 0 Å². The molecular formula is C12H19NOS. The van der Waals surface area contributed by atoms with E-state index in [4.69, 9.17) is 5.73 Å². The standard InChI is InChI=1S/C12H19NOS/c1-11-6-5-7-12(10-11)15(14)9-4-2-3-8-13/h5-7,10H,2-4,8-9,13H2,1H3. The molecule has 0 heterocycles. The first kappa shape index (κ1) is 12.4. The predicted molar refractivity (Wildman–Crippen MR) is 65.4 cm³/mol. The fourth-order valence-electron chi connectivity index (χ4n) is 1.43. The lowest BCUT2D eigenvalue weighted by molar-refractivity contribution is 0.672. The molecule has 0 aliphatic heterocycles. The Hall–Kier alpha value is -0.670. The van der Waals surface area contributed by atoms with Gasteiger partial charge in [-0.3, -0.25) is 4.21 Å². The highest BCUT2D eigenvalue weighted by Gasteiger charge is 2.02. The van der Waals surface area contributed by atoms with Gasteiger partial charge in [-0.1, -0.05) is 18.6 Å². The highest BCUT2D eigenvalue weighted by atomic mass is 32.2. The van der Waals surface area contributed by atoms with Crippen molar-refractivity contribution in [3.63, 3.8) is 0 Å². The zero-order valence-corrected chi connectivity index (χ0v) is 10.1. The second-order valence-corrected chi connectivity index (χ2v) is 5.29. The average molecular weight is 225 g/mol. The molecule has 0 spiro atoms. The Bertz CT molecular complexity index is 325. The van der Waals surface area contributed by atoms with Crippen LogP contribution in [0.4, 0.5) is 0 Å². The van der Waals surface area contributed by atoms with Gasteiger partial charge in [-0.15, -0.1) is 0 Å². The topological polar surface area (TPSA) is 43.1 Å². The fourth-order valence-corrected chi connectivity index (χ4v) is 2.68. The zero-order valence-electron chi connectivity index (χ0n) is 9.24. The molecule has 0 saturated carbocycles. The van der Waals surface area contributed by atoms with E-state index in [1.807, 2.05) is 31.2 Å². The molecule has 2 N–H and O–H groups in total. The van der Waals surface area contributed by atoms with Crippen LogP contribution in [0.5, 0.6) is 0 Å². The molecule has 84 valence electrons. The predicted octanol–water partition coefficient (Wildman–Crippen LogP) is 2.23. The summed E-state index contributed by atoms with van der Waals surface area (Å²) in [6, 6.07) is 7.92. The van der Waals surface area contributed by atoms with Crippen molar-refractivity contribution in [1.29, 1.82) is 0 Å². The molecule has 0 amide bonds. The maximum absolute atomic E-state index is 11.8. The molecule has 1 rings (SSSR count). The summed E-state index contributed by atoms with van der Waals surface area (Å²) in [7, 11) is -0.838. The van der Waals surface area contributed by atoms with Crippen LogP contribution >= 0.6 is 0 Å². The van der Waals surface area contributed by atoms with Gasteiger partial charge >= 0.3 is 0 Å². The summed E-state index contributed by atoms with van der Waals surface area (Å²) in [5, 5.41) is 0. The van der Waals surface area contributed by atoms with Crippen LogP contribution in [0.15, 0.2) is 29.2 Å². The van der Waals surface area contributed by atoms with Crippen molar-refractivity contribution < 1.29 is 4.21 Å². The van der Waals surface area contributed by atoms with Gasteiger partial charge in [0.15, 0.2) is 0 Å². The summed E-state index contributed by atoms with van der Waals surface area (Å²) in [5.74, 6) is 0.753. The lowest BCUT2D eigenvalue weighted by atomic mass is 10.2. The minimum atomic E-state index is -0.838. The van der Waals surface area contributed by atoms with E-state index in [0.29, 0.717) is 0 Å². The van der Waals surface area contributed by atoms with E-state index in [1.54, 1.807) is 0 Å². The van der Waals surface area contributed by atoms with Crippen molar-refractivity contribution in [2.45, 2.75) is 31.1 Å². The lowest BCUT2D eigenvalue weighted by Gasteiger charge is -2.02. The summed E-state index contributed by atoms with van der Waals surface area (Å²) >= 11 is 0. The highest BCUT2D eigenvalue weighted by Crippen LogP contribution is 2.10. The number of hydrogen-bond donors (Lipinski definition) is 1. The first-order valence-corrected chi connectivity index (χ1v) is 6.71. The largest absolute Gasteiger partial charge is 0.330 e. The third kappa shape index (κ3) is 4.58. The number of unbranched alkanes of at least 4 members (excludes halogenated alkanes) is 2. The molecule has 0 aliphatic carbocycles. The van der Waals surface area contributed by atoms with Gasteiger partial charge in [0, 0.05) is 10.6 Å². The maximum Gasteiger partial charge on any atom is 0.0529 e. The average Bonchev–Trinajstić information content (AvgIpc) is 2.24. The van der Waals surface area contributed by atoms with Crippen molar-refractivity contribution in [2.24, 2.45) is 5.73 Å². The number of hydrogen-bond acceptors (Lipinski definition) is 2. The second kappa shape index (κ2) is 6.75. The Morgan fingerprint density at radius 2 is 2.07 bits per heavy atom. The lowest BCUT2D eigenvalue weighted by Crippen LogP contribution is -2.01. The van der Waals surface area contributed by atoms with Crippen LogP contribution in [0.25, 0.3) is 0 Å². The molecule has 0 bridgehead atoms. The molecule has 15 heavy (non-hydrogen) atoms. The Labute approximate surface area is 94.3 Å². The molecule has 0 aromatic heterocycles. The first-order valence-electron chi connectivity index (χ1n) is 5.39. The summed E-state index contributed by atoms with van der Waals surface area (Å²) < 4.78 is 11.8. The molecule has 0 radical (unpaired) electrons. The van der Waals surface area contributed by atoms with Gasteiger partial charge in [0.05, 0.1) is 10.8 Å². The SMILES string of the molecule is Cc1cccc(S(=O)CCCCCN)c1. The van der Waals surface area contributed by atoms with Gasteiger partial charge in [0.1, 0.15) is 0 Å². The third-order valence-corrected chi connectivity index (χ3v) is 3.73. The summed E-state index contributed by atoms with van der Waals surface area (Å²) in [6.07, 6.45) is 3.11. The first-order chi connectivity index (χ1) is 7.24. The van der Waals surface area contributed by atoms with Crippen molar-refractivity contribution in [2.75, 3.05) is 12.3 Å². The minimum Gasteiger partial charge on any atom is -0.330 e. The van der Waals surface area contributed by atoms with Crippen molar-refractivity contribution in [3.8, 4) is 0 Å². The van der Waals surface area contributed by atoms with Crippen LogP contribution in [0.2, 0.25) is 0 Å². The van der Waals surface area contributed by atoms with Crippen molar-refractivity contribution in [3.05, 3.63) is 29.8 Å². The molecule has 1 unspecified atom stereocenters. The van der Waals surface area contributed by atoms with Gasteiger partial charge in [-0.05, 0) is 44.0 Å². The molecule has 1 aromatic carbocycles. The summed E-state index contributed by atoms with van der Waals surface area (Å²) in [4.78, 5) is 0.947. The van der Waals surface area contributed by atoms with Gasteiger partial charge in [0.25, 0.3) is 0 Å². The van der Waals surface area contributed by atoms with Crippen molar-refractivity contribution >= 4 is 10.8 Å². The van der Waals surface area contributed by atoms with E-state index < -0.39 is 10.8 Å². The third-order valence-electron chi connectivity index (χ3n) is 2.29. The number of nitrogens with two attached hydrogens (primary N) is 1. The Kier molecular flexibility index (Phi) is 5.58. The van der Waals surface area contributed by atoms with Gasteiger partial charge in [0.2, 0.25) is 0 Å². The van der Waals surface area contributed by atoms with Gasteiger partial charge < -0.3 is 5.73 Å². The second-order valence-electron chi connectivity index (χ2n) is 3.72. The van der Waals surface area contributed by atoms with Gasteiger partial charge in [-0.25, -0.2) is 0 Å². The minimum absolute atomic E-state index is 0.733. The molecule has 0 aliphatic rings. The van der Waals surface area contributed by atoms with E-state index in [1.165, 1.54) is 5.56 Å². The maximum atomic E-state index is 11.8. The molecular weight excluding hydrogens is 206 g/mol. The molecule has 2 nitrogen and oxygen atoms in total. The van der Waals surface area contributed by atoms with E-state index in [-0.39, 0.29) is 0 Å². The van der Waals surface area contributed by atoms with Crippen LogP contribution < -0.4 is 5.73 Å². The highest BCUT2D eigenvalue weighted by molar-refractivity contribution is 7.85. The number of rotatable bonds is 6. The molecule has 1 atom stereocenters. The summed E-state index contributed by atoms with van der Waals surface area (Å²) in [5.41, 5.74) is 6.57. The van der Waals surface area contributed by atoms with E-state index in [0.717, 1.165) is 36.5 Å². The van der Waals surface area contributed by atoms with Gasteiger partial charge in [-0.2, -0.15) is 0 Å². The Morgan fingerprint density at radius 1 is 1.27 bits per heavy atom. The number of aryl methyl sites for hydroxylation is 1. The molecule has 1 aromatic rings. The zero-order chi connectivity index (χ0) is 11.1. The van der Waals surface area contributed by atoms with Crippen LogP contribution in [0.1, 0.15) is 24.8 Å². The molecule has 0 fully saturated rings. The Balaban J connectivity index is 2.40. The summed E-state index contributed by atoms with van der Waals surface area (Å²) in [6.45, 7) is 2.76. The van der Waals surface area contributed by atoms with E-state index in [2.05, 4.69) is 0 Å². The van der Waals surface area contributed by atoms with Crippen LogP contribution in [0, 0.1) is 6.92 Å². The monoisotopic (exact) mass is 225 g/mol. The van der Waals surface area contributed by atoms with Crippen LogP contribution in [-0.2, 0) is 10.8 Å².